The molecule has 0 aliphatic rings. The first-order valence-electron chi connectivity index (χ1n) is 9.71. The van der Waals surface area contributed by atoms with E-state index in [0.29, 0.717) is 5.69 Å². The molecule has 1 atom stereocenters. The lowest BCUT2D eigenvalue weighted by Gasteiger charge is -2.14. The van der Waals surface area contributed by atoms with Crippen molar-refractivity contribution < 1.29 is 27.8 Å². The Balaban J connectivity index is 1.99. The maximum absolute atomic E-state index is 13.3. The van der Waals surface area contributed by atoms with E-state index in [1.165, 1.54) is 18.6 Å². The first-order valence-corrected chi connectivity index (χ1v) is 9.71. The van der Waals surface area contributed by atoms with Crippen LogP contribution in [-0.2, 0) is 11.0 Å². The highest BCUT2D eigenvalue weighted by molar-refractivity contribution is 5.91. The molecule has 2 heterocycles. The molecule has 0 aliphatic heterocycles. The maximum atomic E-state index is 13.3. The number of benzene rings is 1. The van der Waals surface area contributed by atoms with Crippen LogP contribution in [0.25, 0.3) is 17.6 Å². The molecule has 0 amide bonds. The third kappa shape index (κ3) is 5.51. The molecule has 0 saturated carbocycles. The Bertz CT molecular complexity index is 1120. The van der Waals surface area contributed by atoms with E-state index >= 15 is 0 Å². The van der Waals surface area contributed by atoms with Gasteiger partial charge in [-0.25, -0.2) is 14.5 Å². The van der Waals surface area contributed by atoms with Crippen molar-refractivity contribution in [2.75, 3.05) is 0 Å². The number of aromatic nitrogens is 4. The van der Waals surface area contributed by atoms with Crippen LogP contribution in [0.2, 0.25) is 0 Å². The van der Waals surface area contributed by atoms with Crippen LogP contribution in [0.4, 0.5) is 13.2 Å². The average molecular weight is 446 g/mol. The van der Waals surface area contributed by atoms with E-state index in [0.717, 1.165) is 16.8 Å². The monoisotopic (exact) mass is 446 g/mol. The highest BCUT2D eigenvalue weighted by atomic mass is 19.4. The number of alkyl halides is 3. The summed E-state index contributed by atoms with van der Waals surface area (Å²) in [5.41, 5.74) is -0.257. The molecule has 0 radical (unpaired) electrons. The van der Waals surface area contributed by atoms with Crippen LogP contribution in [0.15, 0.2) is 54.5 Å². The van der Waals surface area contributed by atoms with Crippen molar-refractivity contribution in [1.82, 2.24) is 19.7 Å². The molecular formula is C22H21F3N4O3. The van der Waals surface area contributed by atoms with Gasteiger partial charge in [-0.1, -0.05) is 13.0 Å². The van der Waals surface area contributed by atoms with E-state index in [4.69, 9.17) is 4.74 Å². The molecule has 1 unspecified atom stereocenters. The summed E-state index contributed by atoms with van der Waals surface area (Å²) < 4.78 is 46.6. The van der Waals surface area contributed by atoms with Gasteiger partial charge in [-0.3, -0.25) is 4.98 Å². The Kier molecular flexibility index (Phi) is 6.61. The zero-order valence-electron chi connectivity index (χ0n) is 17.5. The molecule has 3 aromatic rings. The van der Waals surface area contributed by atoms with E-state index in [1.54, 1.807) is 45.2 Å². The van der Waals surface area contributed by atoms with Gasteiger partial charge in [0, 0.05) is 29.6 Å². The fraction of sp³-hybridized carbons (Fsp3) is 0.273. The van der Waals surface area contributed by atoms with Gasteiger partial charge in [0.15, 0.2) is 5.82 Å². The van der Waals surface area contributed by atoms with Crippen LogP contribution in [0.3, 0.4) is 0 Å². The summed E-state index contributed by atoms with van der Waals surface area (Å²) in [7, 11) is 0. The number of hydrogen-bond acceptors (Lipinski definition) is 5. The van der Waals surface area contributed by atoms with Gasteiger partial charge in [0.25, 0.3) is 0 Å². The molecule has 0 saturated heterocycles. The van der Waals surface area contributed by atoms with Crippen molar-refractivity contribution in [1.29, 1.82) is 0 Å². The molecule has 1 aromatic carbocycles. The molecule has 0 fully saturated rings. The molecule has 2 aromatic heterocycles. The quantitative estimate of drug-likeness (QED) is 0.521. The minimum Gasteiger partial charge on any atom is -0.491 e. The highest BCUT2D eigenvalue weighted by Crippen LogP contribution is 2.35. The third-order valence-corrected chi connectivity index (χ3v) is 4.49. The number of carboxylic acid groups (broad SMARTS) is 1. The lowest BCUT2D eigenvalue weighted by atomic mass is 9.98. The standard InChI is InChI=1S/C22H21F3N4O3/c1-13(2)32-17-9-15(8-16(10-17)22(23,24)25)20-27-12-29(28-20)11-18(21(30)31)14(3)19-6-4-5-7-26-19/h4-14H,1-3H3,(H,30,31)/b18-11-. The van der Waals surface area contributed by atoms with Gasteiger partial charge in [-0.2, -0.15) is 13.2 Å². The van der Waals surface area contributed by atoms with E-state index in [9.17, 15) is 23.1 Å². The van der Waals surface area contributed by atoms with Gasteiger partial charge >= 0.3 is 12.1 Å². The summed E-state index contributed by atoms with van der Waals surface area (Å²) in [5.74, 6) is -1.70. The zero-order chi connectivity index (χ0) is 23.5. The van der Waals surface area contributed by atoms with Crippen molar-refractivity contribution in [2.45, 2.75) is 39.0 Å². The van der Waals surface area contributed by atoms with Gasteiger partial charge in [-0.15, -0.1) is 5.10 Å². The van der Waals surface area contributed by atoms with Crippen LogP contribution < -0.4 is 4.74 Å². The second-order valence-corrected chi connectivity index (χ2v) is 7.32. The van der Waals surface area contributed by atoms with E-state index < -0.39 is 23.6 Å². The lowest BCUT2D eigenvalue weighted by Crippen LogP contribution is -2.11. The molecule has 168 valence electrons. The average Bonchev–Trinajstić information content (AvgIpc) is 3.19. The van der Waals surface area contributed by atoms with Crippen LogP contribution in [0, 0.1) is 0 Å². The first-order chi connectivity index (χ1) is 15.0. The van der Waals surface area contributed by atoms with Crippen molar-refractivity contribution in [3.05, 3.63) is 65.8 Å². The van der Waals surface area contributed by atoms with Crippen molar-refractivity contribution >= 4 is 12.2 Å². The Morgan fingerprint density at radius 1 is 1.16 bits per heavy atom. The topological polar surface area (TPSA) is 90.1 Å². The Morgan fingerprint density at radius 2 is 1.91 bits per heavy atom. The van der Waals surface area contributed by atoms with E-state index in [2.05, 4.69) is 15.1 Å². The predicted octanol–water partition coefficient (Wildman–Crippen LogP) is 4.88. The maximum Gasteiger partial charge on any atom is 0.416 e. The molecule has 1 N–H and O–H groups in total. The van der Waals surface area contributed by atoms with Crippen molar-refractivity contribution in [3.63, 3.8) is 0 Å². The predicted molar refractivity (Wildman–Crippen MR) is 111 cm³/mol. The molecule has 3 rings (SSSR count). The number of nitrogens with zero attached hydrogens (tertiary/aromatic N) is 4. The van der Waals surface area contributed by atoms with Gasteiger partial charge in [0.05, 0.1) is 17.2 Å². The van der Waals surface area contributed by atoms with E-state index in [1.807, 2.05) is 0 Å². The molecule has 10 heteroatoms. The van der Waals surface area contributed by atoms with Crippen molar-refractivity contribution in [3.8, 4) is 17.1 Å². The molecular weight excluding hydrogens is 425 g/mol. The number of ether oxygens (including phenoxy) is 1. The minimum absolute atomic E-state index is 0.00353. The largest absolute Gasteiger partial charge is 0.491 e. The second kappa shape index (κ2) is 9.21. The smallest absolute Gasteiger partial charge is 0.416 e. The SMILES string of the molecule is CC(C)Oc1cc(-c2ncn(/C=C(\C(=O)O)C(C)c3ccccn3)n2)cc(C(F)(F)F)c1. The second-order valence-electron chi connectivity index (χ2n) is 7.32. The summed E-state index contributed by atoms with van der Waals surface area (Å²) >= 11 is 0. The molecule has 7 nitrogen and oxygen atoms in total. The summed E-state index contributed by atoms with van der Waals surface area (Å²) in [5, 5.41) is 13.8. The van der Waals surface area contributed by atoms with Gasteiger partial charge in [0.1, 0.15) is 12.1 Å². The minimum atomic E-state index is -4.58. The normalized spacial score (nSPS) is 13.3. The molecule has 0 bridgehead atoms. The van der Waals surface area contributed by atoms with Gasteiger partial charge < -0.3 is 9.84 Å². The number of carboxylic acids is 1. The Hall–Kier alpha value is -3.69. The summed E-state index contributed by atoms with van der Waals surface area (Å²) in [6, 6.07) is 8.41. The third-order valence-electron chi connectivity index (χ3n) is 4.49. The van der Waals surface area contributed by atoms with Crippen LogP contribution >= 0.6 is 0 Å². The van der Waals surface area contributed by atoms with Crippen LogP contribution in [0.5, 0.6) is 5.75 Å². The summed E-state index contributed by atoms with van der Waals surface area (Å²) in [6.07, 6.45) is -0.860. The number of rotatable bonds is 7. The van der Waals surface area contributed by atoms with Crippen LogP contribution in [0.1, 0.15) is 37.9 Å². The summed E-state index contributed by atoms with van der Waals surface area (Å²) in [4.78, 5) is 20.0. The lowest BCUT2D eigenvalue weighted by molar-refractivity contribution is -0.137. The fourth-order valence-corrected chi connectivity index (χ4v) is 2.99. The first kappa shape index (κ1) is 23.0. The Morgan fingerprint density at radius 3 is 2.50 bits per heavy atom. The van der Waals surface area contributed by atoms with Gasteiger partial charge in [-0.05, 0) is 44.2 Å². The summed E-state index contributed by atoms with van der Waals surface area (Å²) in [6.45, 7) is 5.09. The van der Waals surface area contributed by atoms with Gasteiger partial charge in [0.2, 0.25) is 0 Å². The van der Waals surface area contributed by atoms with Crippen LogP contribution in [-0.4, -0.2) is 36.9 Å². The zero-order valence-corrected chi connectivity index (χ0v) is 17.5. The van der Waals surface area contributed by atoms with E-state index in [-0.39, 0.29) is 28.8 Å². The highest BCUT2D eigenvalue weighted by Gasteiger charge is 2.32. The number of aliphatic carboxylic acids is 1. The Labute approximate surface area is 182 Å². The number of halogens is 3. The fourth-order valence-electron chi connectivity index (χ4n) is 2.99. The van der Waals surface area contributed by atoms with Crippen molar-refractivity contribution in [2.24, 2.45) is 0 Å². The molecule has 0 spiro atoms. The molecule has 32 heavy (non-hydrogen) atoms. The number of hydrogen-bond donors (Lipinski definition) is 1. The molecule has 0 aliphatic carbocycles. The number of pyridine rings is 1. The number of carbonyl (C=O) groups is 1.